The third-order valence-electron chi connectivity index (χ3n) is 6.30. The molecular weight excluding hydrogens is 466 g/mol. The van der Waals surface area contributed by atoms with Crippen LogP contribution in [0.2, 0.25) is 0 Å². The summed E-state index contributed by atoms with van der Waals surface area (Å²) in [7, 11) is 0.195. The summed E-state index contributed by atoms with van der Waals surface area (Å²) in [6.07, 6.45) is 2.34. The molecule has 3 nitrogen and oxygen atoms in total. The van der Waals surface area contributed by atoms with E-state index in [0.717, 1.165) is 19.6 Å². The van der Waals surface area contributed by atoms with Gasteiger partial charge >= 0.3 is 0 Å². The number of hydrogen-bond donors (Lipinski definition) is 0. The van der Waals surface area contributed by atoms with Gasteiger partial charge in [-0.15, -0.1) is 0 Å². The molecule has 1 aliphatic rings. The van der Waals surface area contributed by atoms with Crippen molar-refractivity contribution < 1.29 is 4.74 Å². The number of methoxy groups -OCH3 is 1. The summed E-state index contributed by atoms with van der Waals surface area (Å²) in [5.41, 5.74) is 0. The lowest BCUT2D eigenvalue weighted by Gasteiger charge is -2.46. The average molecular weight is 499 g/mol. The molecule has 5 rings (SSSR count). The fourth-order valence-corrected chi connectivity index (χ4v) is 10.9. The molecule has 0 spiro atoms. The van der Waals surface area contributed by atoms with Gasteiger partial charge in [0.15, 0.2) is 0 Å². The highest BCUT2D eigenvalue weighted by Crippen LogP contribution is 2.56. The van der Waals surface area contributed by atoms with E-state index in [0.29, 0.717) is 6.04 Å². The lowest BCUT2D eigenvalue weighted by Crippen LogP contribution is -2.47. The van der Waals surface area contributed by atoms with Crippen molar-refractivity contribution in [2.75, 3.05) is 20.3 Å². The Hall–Kier alpha value is -2.38. The Balaban J connectivity index is 1.74. The van der Waals surface area contributed by atoms with Crippen molar-refractivity contribution in [1.82, 2.24) is 9.56 Å². The van der Waals surface area contributed by atoms with Gasteiger partial charge in [-0.05, 0) is 34.1 Å². The molecule has 0 saturated carbocycles. The fourth-order valence-electron chi connectivity index (χ4n) is 4.73. The minimum Gasteiger partial charge on any atom is -0.383 e. The molecule has 1 heterocycles. The SMILES string of the molecule is COC[C@@H]1CCCN1N(P(c1ccccc1)c1ccccc1)P(c1ccccc1)c1ccccc1. The third-order valence-corrected chi connectivity index (χ3v) is 11.7. The zero-order valence-corrected chi connectivity index (χ0v) is 21.9. The Morgan fingerprint density at radius 1 is 0.657 bits per heavy atom. The van der Waals surface area contributed by atoms with Crippen molar-refractivity contribution in [3.8, 4) is 0 Å². The van der Waals surface area contributed by atoms with E-state index in [9.17, 15) is 0 Å². The van der Waals surface area contributed by atoms with Gasteiger partial charge < -0.3 is 4.74 Å². The van der Waals surface area contributed by atoms with Crippen LogP contribution in [0.15, 0.2) is 121 Å². The molecule has 0 amide bonds. The quantitative estimate of drug-likeness (QED) is 0.287. The van der Waals surface area contributed by atoms with E-state index in [-0.39, 0.29) is 0 Å². The van der Waals surface area contributed by atoms with Crippen molar-refractivity contribution >= 4 is 37.4 Å². The first-order chi connectivity index (χ1) is 17.4. The predicted octanol–water partition coefficient (Wildman–Crippen LogP) is 5.41. The lowest BCUT2D eigenvalue weighted by atomic mass is 10.2. The van der Waals surface area contributed by atoms with Crippen LogP contribution in [0.1, 0.15) is 12.8 Å². The second kappa shape index (κ2) is 12.0. The van der Waals surface area contributed by atoms with Crippen LogP contribution < -0.4 is 21.2 Å². The van der Waals surface area contributed by atoms with Gasteiger partial charge in [0.05, 0.1) is 6.61 Å². The molecule has 1 aliphatic heterocycles. The Kier molecular flexibility index (Phi) is 8.37. The summed E-state index contributed by atoms with van der Waals surface area (Å²) in [5, 5.41) is 8.14. The zero-order chi connectivity index (χ0) is 23.9. The van der Waals surface area contributed by atoms with E-state index in [1.165, 1.54) is 27.6 Å². The number of rotatable bonds is 9. The Morgan fingerprint density at radius 3 is 1.37 bits per heavy atom. The maximum absolute atomic E-state index is 5.73. The number of nitrogens with zero attached hydrogens (tertiary/aromatic N) is 2. The van der Waals surface area contributed by atoms with Crippen molar-refractivity contribution in [3.05, 3.63) is 121 Å². The maximum atomic E-state index is 5.73. The van der Waals surface area contributed by atoms with Crippen molar-refractivity contribution in [1.29, 1.82) is 0 Å². The van der Waals surface area contributed by atoms with Crippen LogP contribution in [0.4, 0.5) is 0 Å². The molecule has 0 bridgehead atoms. The van der Waals surface area contributed by atoms with Gasteiger partial charge in [-0.2, -0.15) is 4.55 Å². The molecule has 35 heavy (non-hydrogen) atoms. The molecule has 178 valence electrons. The summed E-state index contributed by atoms with van der Waals surface area (Å²) >= 11 is 0. The van der Waals surface area contributed by atoms with Crippen molar-refractivity contribution in [2.45, 2.75) is 18.9 Å². The number of hydrogen-bond acceptors (Lipinski definition) is 3. The van der Waals surface area contributed by atoms with Crippen LogP contribution >= 0.6 is 16.1 Å². The largest absolute Gasteiger partial charge is 0.383 e. The number of benzene rings is 4. The maximum Gasteiger partial charge on any atom is 0.0632 e. The van der Waals surface area contributed by atoms with E-state index in [1.807, 2.05) is 7.11 Å². The van der Waals surface area contributed by atoms with Crippen LogP contribution in [0, 0.1) is 0 Å². The van der Waals surface area contributed by atoms with Crippen LogP contribution in [0.25, 0.3) is 0 Å². The molecule has 4 aromatic carbocycles. The standard InChI is InChI=1S/C30H32N2OP2/c1-33-25-26-15-14-24-31(26)32(34(27-16-6-2-7-17-27)28-18-8-3-9-19-28)35(29-20-10-4-11-21-29)30-22-12-5-13-23-30/h2-13,16-23,26H,14-15,24-25H2,1H3/t26-/m0/s1. The second-order valence-electron chi connectivity index (χ2n) is 8.65. The molecule has 0 radical (unpaired) electrons. The highest BCUT2D eigenvalue weighted by atomic mass is 31.2. The van der Waals surface area contributed by atoms with Crippen molar-refractivity contribution in [3.63, 3.8) is 0 Å². The van der Waals surface area contributed by atoms with Gasteiger partial charge in [-0.1, -0.05) is 121 Å². The van der Waals surface area contributed by atoms with E-state index < -0.39 is 16.1 Å². The van der Waals surface area contributed by atoms with E-state index >= 15 is 0 Å². The number of hydrazine groups is 1. The first-order valence-corrected chi connectivity index (χ1v) is 14.8. The van der Waals surface area contributed by atoms with Crippen LogP contribution in [0.5, 0.6) is 0 Å². The van der Waals surface area contributed by atoms with Crippen molar-refractivity contribution in [2.24, 2.45) is 0 Å². The predicted molar refractivity (Wildman–Crippen MR) is 152 cm³/mol. The van der Waals surface area contributed by atoms with Crippen LogP contribution in [-0.2, 0) is 4.74 Å². The second-order valence-corrected chi connectivity index (χ2v) is 13.0. The summed E-state index contributed by atoms with van der Waals surface area (Å²) < 4.78 is 8.51. The summed E-state index contributed by atoms with van der Waals surface area (Å²) in [6, 6.07) is 44.7. The summed E-state index contributed by atoms with van der Waals surface area (Å²) in [4.78, 5) is 0. The molecule has 0 N–H and O–H groups in total. The number of ether oxygens (including phenoxy) is 1. The first-order valence-electron chi connectivity index (χ1n) is 12.2. The monoisotopic (exact) mass is 498 g/mol. The fraction of sp³-hybridized carbons (Fsp3) is 0.200. The highest BCUT2D eigenvalue weighted by molar-refractivity contribution is 7.84. The molecule has 4 aromatic rings. The van der Waals surface area contributed by atoms with Crippen LogP contribution in [0.3, 0.4) is 0 Å². The Morgan fingerprint density at radius 2 is 1.03 bits per heavy atom. The summed E-state index contributed by atoms with van der Waals surface area (Å²) in [6.45, 7) is 1.79. The van der Waals surface area contributed by atoms with Gasteiger partial charge in [0.2, 0.25) is 0 Å². The molecule has 1 fully saturated rings. The molecule has 5 heteroatoms. The molecule has 0 aliphatic carbocycles. The smallest absolute Gasteiger partial charge is 0.0632 e. The Labute approximate surface area is 212 Å². The molecule has 1 atom stereocenters. The van der Waals surface area contributed by atoms with E-state index in [4.69, 9.17) is 4.74 Å². The third kappa shape index (κ3) is 5.56. The van der Waals surface area contributed by atoms with Gasteiger partial charge in [-0.3, -0.25) is 0 Å². The molecule has 0 unspecified atom stereocenters. The lowest BCUT2D eigenvalue weighted by molar-refractivity contribution is 0.0626. The molecule has 1 saturated heterocycles. The van der Waals surface area contributed by atoms with Gasteiger partial charge in [0.25, 0.3) is 0 Å². The minimum atomic E-state index is -0.817. The van der Waals surface area contributed by atoms with E-state index in [1.54, 1.807) is 0 Å². The minimum absolute atomic E-state index is 0.370. The van der Waals surface area contributed by atoms with Gasteiger partial charge in [0.1, 0.15) is 0 Å². The molecule has 0 aromatic heterocycles. The van der Waals surface area contributed by atoms with Gasteiger partial charge in [-0.25, -0.2) is 5.01 Å². The zero-order valence-electron chi connectivity index (χ0n) is 20.1. The highest BCUT2D eigenvalue weighted by Gasteiger charge is 2.40. The molecular formula is C30H32N2OP2. The van der Waals surface area contributed by atoms with E-state index in [2.05, 4.69) is 131 Å². The normalized spacial score (nSPS) is 16.4. The van der Waals surface area contributed by atoms with Crippen LogP contribution in [-0.4, -0.2) is 35.9 Å². The first kappa shape index (κ1) is 24.3. The van der Waals surface area contributed by atoms with Gasteiger partial charge in [0, 0.05) is 35.8 Å². The average Bonchev–Trinajstić information content (AvgIpc) is 3.39. The summed E-state index contributed by atoms with van der Waals surface area (Å²) in [5.74, 6) is 0. The Bertz CT molecular complexity index is 1000. The topological polar surface area (TPSA) is 15.7 Å².